The van der Waals surface area contributed by atoms with Crippen LogP contribution in [0.4, 0.5) is 5.69 Å². The Labute approximate surface area is 171 Å². The number of aromatic nitrogens is 3. The Morgan fingerprint density at radius 1 is 1.14 bits per heavy atom. The molecule has 8 heteroatoms. The summed E-state index contributed by atoms with van der Waals surface area (Å²) < 4.78 is 12.3. The first-order valence-electron chi connectivity index (χ1n) is 9.08. The summed E-state index contributed by atoms with van der Waals surface area (Å²) in [4.78, 5) is 17.4. The molecule has 0 aliphatic carbocycles. The van der Waals surface area contributed by atoms with E-state index in [1.165, 1.54) is 0 Å². The van der Waals surface area contributed by atoms with E-state index in [1.807, 2.05) is 29.8 Å². The van der Waals surface area contributed by atoms with Crippen LogP contribution in [0.1, 0.15) is 23.1 Å². The quantitative estimate of drug-likeness (QED) is 0.515. The van der Waals surface area contributed by atoms with Gasteiger partial charge in [-0.25, -0.2) is 9.50 Å². The van der Waals surface area contributed by atoms with E-state index in [-0.39, 0.29) is 5.91 Å². The molecule has 4 rings (SSSR count). The number of ether oxygens (including phenoxy) is 2. The molecule has 4 aromatic rings. The molecule has 0 saturated carbocycles. The SMILES string of the molecule is CCc1cc(C(=O)Nc2ccc(OC)c(OC)c2)nc2cc(-c3ccsc3)nn12. The minimum atomic E-state index is -0.298. The van der Waals surface area contributed by atoms with Gasteiger partial charge in [-0.15, -0.1) is 0 Å². The lowest BCUT2D eigenvalue weighted by atomic mass is 10.2. The van der Waals surface area contributed by atoms with Crippen LogP contribution in [-0.2, 0) is 6.42 Å². The summed E-state index contributed by atoms with van der Waals surface area (Å²) in [6, 6.07) is 10.9. The molecule has 0 aliphatic heterocycles. The van der Waals surface area contributed by atoms with Crippen LogP contribution < -0.4 is 14.8 Å². The van der Waals surface area contributed by atoms with Gasteiger partial charge in [0.05, 0.1) is 19.9 Å². The van der Waals surface area contributed by atoms with Crippen LogP contribution in [0.5, 0.6) is 11.5 Å². The molecule has 3 aromatic heterocycles. The molecule has 1 amide bonds. The molecule has 0 spiro atoms. The number of nitrogens with zero attached hydrogens (tertiary/aromatic N) is 3. The van der Waals surface area contributed by atoms with Crippen molar-refractivity contribution in [2.45, 2.75) is 13.3 Å². The van der Waals surface area contributed by atoms with E-state index >= 15 is 0 Å². The van der Waals surface area contributed by atoms with Gasteiger partial charge in [0.1, 0.15) is 5.69 Å². The second kappa shape index (κ2) is 7.92. The lowest BCUT2D eigenvalue weighted by Gasteiger charge is -2.11. The van der Waals surface area contributed by atoms with Crippen molar-refractivity contribution in [1.82, 2.24) is 14.6 Å². The van der Waals surface area contributed by atoms with Gasteiger partial charge in [-0.05, 0) is 36.1 Å². The van der Waals surface area contributed by atoms with Crippen LogP contribution in [0, 0.1) is 0 Å². The molecule has 148 valence electrons. The molecule has 29 heavy (non-hydrogen) atoms. The van der Waals surface area contributed by atoms with Crippen molar-refractivity contribution in [2.75, 3.05) is 19.5 Å². The fourth-order valence-electron chi connectivity index (χ4n) is 3.07. The fraction of sp³-hybridized carbons (Fsp3) is 0.190. The second-order valence-corrected chi connectivity index (χ2v) is 7.10. The maximum Gasteiger partial charge on any atom is 0.274 e. The normalized spacial score (nSPS) is 10.9. The van der Waals surface area contributed by atoms with Crippen LogP contribution in [0.25, 0.3) is 16.9 Å². The topological polar surface area (TPSA) is 77.8 Å². The summed E-state index contributed by atoms with van der Waals surface area (Å²) in [5, 5.41) is 11.6. The average Bonchev–Trinajstić information content (AvgIpc) is 3.42. The molecule has 0 radical (unpaired) electrons. The van der Waals surface area contributed by atoms with E-state index in [0.29, 0.717) is 28.5 Å². The maximum atomic E-state index is 12.8. The first-order chi connectivity index (χ1) is 14.1. The maximum absolute atomic E-state index is 12.8. The van der Waals surface area contributed by atoms with E-state index in [0.717, 1.165) is 23.4 Å². The Bertz CT molecular complexity index is 1170. The number of fused-ring (bicyclic) bond motifs is 1. The van der Waals surface area contributed by atoms with E-state index in [4.69, 9.17) is 9.47 Å². The van der Waals surface area contributed by atoms with Gasteiger partial charge in [0, 0.05) is 34.5 Å². The molecule has 3 heterocycles. The van der Waals surface area contributed by atoms with Crippen molar-refractivity contribution >= 4 is 28.6 Å². The number of amides is 1. The van der Waals surface area contributed by atoms with Crippen LogP contribution in [0.2, 0.25) is 0 Å². The number of aryl methyl sites for hydroxylation is 1. The summed E-state index contributed by atoms with van der Waals surface area (Å²) >= 11 is 1.62. The number of hydrogen-bond donors (Lipinski definition) is 1. The van der Waals surface area contributed by atoms with E-state index in [2.05, 4.69) is 15.4 Å². The number of anilines is 1. The number of benzene rings is 1. The molecular formula is C21H20N4O3S. The number of hydrogen-bond acceptors (Lipinski definition) is 6. The molecule has 1 N–H and O–H groups in total. The van der Waals surface area contributed by atoms with Crippen LogP contribution in [0.3, 0.4) is 0 Å². The molecular weight excluding hydrogens is 388 g/mol. The highest BCUT2D eigenvalue weighted by Gasteiger charge is 2.15. The number of thiophene rings is 1. The van der Waals surface area contributed by atoms with Crippen LogP contribution in [0.15, 0.2) is 47.2 Å². The number of nitrogens with one attached hydrogen (secondary N) is 1. The summed E-state index contributed by atoms with van der Waals surface area (Å²) in [5.41, 5.74) is 4.36. The van der Waals surface area contributed by atoms with Gasteiger partial charge < -0.3 is 14.8 Å². The van der Waals surface area contributed by atoms with Crippen LogP contribution >= 0.6 is 11.3 Å². The van der Waals surface area contributed by atoms with Crippen molar-refractivity contribution in [3.05, 3.63) is 58.5 Å². The third kappa shape index (κ3) is 3.66. The predicted molar refractivity (Wildman–Crippen MR) is 113 cm³/mol. The monoisotopic (exact) mass is 408 g/mol. The highest BCUT2D eigenvalue weighted by atomic mass is 32.1. The summed E-state index contributed by atoms with van der Waals surface area (Å²) in [6.07, 6.45) is 0.723. The molecule has 0 atom stereocenters. The van der Waals surface area contributed by atoms with E-state index in [9.17, 15) is 4.79 Å². The first kappa shape index (κ1) is 18.9. The van der Waals surface area contributed by atoms with E-state index < -0.39 is 0 Å². The molecule has 0 aliphatic rings. The van der Waals surface area contributed by atoms with Gasteiger partial charge in [-0.1, -0.05) is 6.92 Å². The molecule has 0 fully saturated rings. The summed E-state index contributed by atoms with van der Waals surface area (Å²) in [5.74, 6) is 0.838. The fourth-order valence-corrected chi connectivity index (χ4v) is 3.72. The van der Waals surface area contributed by atoms with E-state index in [1.54, 1.807) is 54.3 Å². The largest absolute Gasteiger partial charge is 0.493 e. The predicted octanol–water partition coefficient (Wildman–Crippen LogP) is 4.29. The molecule has 0 bridgehead atoms. The number of methoxy groups -OCH3 is 2. The van der Waals surface area contributed by atoms with Crippen molar-refractivity contribution in [3.8, 4) is 22.8 Å². The Kier molecular flexibility index (Phi) is 5.18. The summed E-state index contributed by atoms with van der Waals surface area (Å²) in [7, 11) is 3.12. The lowest BCUT2D eigenvalue weighted by Crippen LogP contribution is -2.15. The minimum Gasteiger partial charge on any atom is -0.493 e. The van der Waals surface area contributed by atoms with Gasteiger partial charge in [-0.3, -0.25) is 4.79 Å². The molecule has 0 unspecified atom stereocenters. The molecule has 1 aromatic carbocycles. The number of carbonyl (C=O) groups is 1. The minimum absolute atomic E-state index is 0.298. The Morgan fingerprint density at radius 2 is 1.97 bits per heavy atom. The van der Waals surface area contributed by atoms with Crippen molar-refractivity contribution in [2.24, 2.45) is 0 Å². The zero-order chi connectivity index (χ0) is 20.4. The van der Waals surface area contributed by atoms with Gasteiger partial charge in [0.25, 0.3) is 5.91 Å². The van der Waals surface area contributed by atoms with Gasteiger partial charge in [-0.2, -0.15) is 16.4 Å². The van der Waals surface area contributed by atoms with Crippen molar-refractivity contribution < 1.29 is 14.3 Å². The zero-order valence-electron chi connectivity index (χ0n) is 16.3. The Balaban J connectivity index is 1.67. The Morgan fingerprint density at radius 3 is 2.66 bits per heavy atom. The average molecular weight is 408 g/mol. The lowest BCUT2D eigenvalue weighted by molar-refractivity contribution is 0.102. The van der Waals surface area contributed by atoms with Crippen LogP contribution in [-0.4, -0.2) is 34.7 Å². The second-order valence-electron chi connectivity index (χ2n) is 6.32. The highest BCUT2D eigenvalue weighted by molar-refractivity contribution is 7.08. The van der Waals surface area contributed by atoms with Gasteiger partial charge in [0.2, 0.25) is 0 Å². The highest BCUT2D eigenvalue weighted by Crippen LogP contribution is 2.30. The van der Waals surface area contributed by atoms with Crippen molar-refractivity contribution in [3.63, 3.8) is 0 Å². The molecule has 0 saturated heterocycles. The molecule has 7 nitrogen and oxygen atoms in total. The third-order valence-corrected chi connectivity index (χ3v) is 5.24. The summed E-state index contributed by atoms with van der Waals surface area (Å²) in [6.45, 7) is 2.02. The first-order valence-corrected chi connectivity index (χ1v) is 10.0. The zero-order valence-corrected chi connectivity index (χ0v) is 17.1. The van der Waals surface area contributed by atoms with Gasteiger partial charge >= 0.3 is 0 Å². The van der Waals surface area contributed by atoms with Crippen molar-refractivity contribution in [1.29, 1.82) is 0 Å². The van der Waals surface area contributed by atoms with Gasteiger partial charge in [0.15, 0.2) is 17.1 Å². The number of carbonyl (C=O) groups excluding carboxylic acids is 1. The third-order valence-electron chi connectivity index (χ3n) is 4.55. The number of rotatable bonds is 6. The Hall–Kier alpha value is -3.39. The smallest absolute Gasteiger partial charge is 0.274 e. The standard InChI is InChI=1S/C21H20N4O3S/c1-4-15-10-17(21(26)22-14-5-6-18(27-2)19(9-14)28-3)23-20-11-16(24-25(15)20)13-7-8-29-12-13/h5-12H,4H2,1-3H3,(H,22,26).